The zero-order valence-electron chi connectivity index (χ0n) is 14.8. The fraction of sp³-hybridized carbons (Fsp3) is 0.588. The number of carbonyl (C=O) groups excluding carboxylic acids is 3. The minimum Gasteiger partial charge on any atom is -0.466 e. The molecule has 7 heteroatoms. The van der Waals surface area contributed by atoms with E-state index in [1.807, 2.05) is 27.7 Å². The minimum atomic E-state index is -1.64. The van der Waals surface area contributed by atoms with E-state index in [4.69, 9.17) is 14.2 Å². The van der Waals surface area contributed by atoms with E-state index in [9.17, 15) is 14.4 Å². The molecule has 0 fully saturated rings. The summed E-state index contributed by atoms with van der Waals surface area (Å²) in [7, 11) is 2.41. The van der Waals surface area contributed by atoms with Gasteiger partial charge in [0.2, 0.25) is 0 Å². The van der Waals surface area contributed by atoms with E-state index in [0.29, 0.717) is 0 Å². The highest BCUT2D eigenvalue weighted by Gasteiger charge is 2.60. The van der Waals surface area contributed by atoms with Crippen LogP contribution < -0.4 is 0 Å². The number of ether oxygens (including phenoxy) is 3. The molecular weight excluding hydrogens is 314 g/mol. The van der Waals surface area contributed by atoms with Crippen LogP contribution in [0, 0.1) is 0 Å². The number of fused-ring (bicyclic) bond motifs is 2. The summed E-state index contributed by atoms with van der Waals surface area (Å²) in [5.41, 5.74) is -1.72. The molecule has 0 spiro atoms. The third-order valence-electron chi connectivity index (χ3n) is 4.20. The highest BCUT2D eigenvalue weighted by atomic mass is 16.6. The molecule has 2 atom stereocenters. The average Bonchev–Trinajstić information content (AvgIpc) is 3.10. The maximum absolute atomic E-state index is 13.3. The first-order valence-electron chi connectivity index (χ1n) is 7.82. The van der Waals surface area contributed by atoms with Gasteiger partial charge in [-0.25, -0.2) is 9.59 Å². The van der Waals surface area contributed by atoms with E-state index in [1.54, 1.807) is 11.0 Å². The van der Waals surface area contributed by atoms with Crippen LogP contribution in [0.2, 0.25) is 0 Å². The Morgan fingerprint density at radius 3 is 2.08 bits per heavy atom. The first-order chi connectivity index (χ1) is 11.2. The Hall–Kier alpha value is -2.15. The molecule has 0 aromatic carbocycles. The van der Waals surface area contributed by atoms with Gasteiger partial charge in [-0.1, -0.05) is 6.08 Å². The van der Waals surface area contributed by atoms with Crippen molar-refractivity contribution in [1.82, 2.24) is 4.90 Å². The van der Waals surface area contributed by atoms with Crippen molar-refractivity contribution in [2.75, 3.05) is 14.2 Å². The maximum atomic E-state index is 13.3. The van der Waals surface area contributed by atoms with E-state index in [2.05, 4.69) is 0 Å². The molecule has 2 aliphatic heterocycles. The Labute approximate surface area is 141 Å². The molecule has 0 aromatic rings. The van der Waals surface area contributed by atoms with Crippen molar-refractivity contribution in [2.45, 2.75) is 51.5 Å². The van der Waals surface area contributed by atoms with Gasteiger partial charge in [0.25, 0.3) is 5.91 Å². The largest absolute Gasteiger partial charge is 0.466 e. The molecular formula is C17H23NO6. The zero-order chi connectivity index (χ0) is 18.2. The van der Waals surface area contributed by atoms with Crippen LogP contribution in [0.5, 0.6) is 0 Å². The topological polar surface area (TPSA) is 82.1 Å². The molecule has 2 aliphatic rings. The molecule has 24 heavy (non-hydrogen) atoms. The normalized spacial score (nSPS) is 24.8. The lowest BCUT2D eigenvalue weighted by molar-refractivity contribution is -0.154. The van der Waals surface area contributed by atoms with Gasteiger partial charge in [0.05, 0.1) is 25.4 Å². The second-order valence-corrected chi connectivity index (χ2v) is 6.30. The van der Waals surface area contributed by atoms with Gasteiger partial charge in [-0.15, -0.1) is 0 Å². The number of carbonyl (C=O) groups is 3. The van der Waals surface area contributed by atoms with E-state index in [-0.39, 0.29) is 23.2 Å². The van der Waals surface area contributed by atoms with Gasteiger partial charge in [-0.05, 0) is 33.8 Å². The molecule has 0 saturated heterocycles. The summed E-state index contributed by atoms with van der Waals surface area (Å²) in [4.78, 5) is 39.3. The lowest BCUT2D eigenvalue weighted by Gasteiger charge is -2.37. The van der Waals surface area contributed by atoms with Crippen molar-refractivity contribution in [2.24, 2.45) is 0 Å². The fourth-order valence-electron chi connectivity index (χ4n) is 3.32. The molecule has 0 radical (unpaired) electrons. The van der Waals surface area contributed by atoms with Gasteiger partial charge in [0.15, 0.2) is 5.60 Å². The standard InChI is InChI=1S/C17H23NO6/c1-9(2)18(10(3)4)16(21)17-8-7-11(24-17)12(14(19)22-5)13(17)15(20)23-6/h7-11H,1-6H3. The number of esters is 2. The first-order valence-corrected chi connectivity index (χ1v) is 7.82. The average molecular weight is 337 g/mol. The number of nitrogens with zero attached hydrogens (tertiary/aromatic N) is 1. The van der Waals surface area contributed by atoms with E-state index in [0.717, 1.165) is 0 Å². The number of rotatable bonds is 5. The lowest BCUT2D eigenvalue weighted by atomic mass is 9.85. The Morgan fingerprint density at radius 1 is 1.08 bits per heavy atom. The third kappa shape index (κ3) is 2.53. The molecule has 2 heterocycles. The smallest absolute Gasteiger partial charge is 0.338 e. The van der Waals surface area contributed by atoms with Crippen molar-refractivity contribution in [1.29, 1.82) is 0 Å². The predicted octanol–water partition coefficient (Wildman–Crippen LogP) is 0.982. The second-order valence-electron chi connectivity index (χ2n) is 6.30. The van der Waals surface area contributed by atoms with Crippen molar-refractivity contribution in [3.05, 3.63) is 23.3 Å². The predicted molar refractivity (Wildman–Crippen MR) is 84.9 cm³/mol. The molecule has 0 aliphatic carbocycles. The molecule has 132 valence electrons. The van der Waals surface area contributed by atoms with E-state index < -0.39 is 29.6 Å². The maximum Gasteiger partial charge on any atom is 0.338 e. The molecule has 2 bridgehead atoms. The van der Waals surface area contributed by atoms with E-state index >= 15 is 0 Å². The SMILES string of the molecule is COC(=O)C1=C(C(=O)OC)C2(C(=O)N(C(C)C)C(C)C)C=CC1O2. The Bertz CT molecular complexity index is 625. The van der Waals surface area contributed by atoms with Gasteiger partial charge < -0.3 is 19.1 Å². The van der Waals surface area contributed by atoms with Crippen LogP contribution in [-0.4, -0.2) is 60.8 Å². The summed E-state index contributed by atoms with van der Waals surface area (Å²) in [6.45, 7) is 7.51. The van der Waals surface area contributed by atoms with Crippen molar-refractivity contribution in [3.8, 4) is 0 Å². The van der Waals surface area contributed by atoms with Crippen LogP contribution in [0.25, 0.3) is 0 Å². The molecule has 1 amide bonds. The van der Waals surface area contributed by atoms with Crippen LogP contribution in [0.3, 0.4) is 0 Å². The summed E-state index contributed by atoms with van der Waals surface area (Å²) in [5.74, 6) is -1.88. The third-order valence-corrected chi connectivity index (χ3v) is 4.20. The summed E-state index contributed by atoms with van der Waals surface area (Å²) >= 11 is 0. The van der Waals surface area contributed by atoms with Crippen LogP contribution >= 0.6 is 0 Å². The molecule has 0 aromatic heterocycles. The van der Waals surface area contributed by atoms with Crippen LogP contribution in [0.1, 0.15) is 27.7 Å². The fourth-order valence-corrected chi connectivity index (χ4v) is 3.32. The summed E-state index contributed by atoms with van der Waals surface area (Å²) < 4.78 is 15.3. The monoisotopic (exact) mass is 337 g/mol. The molecule has 0 saturated carbocycles. The van der Waals surface area contributed by atoms with E-state index in [1.165, 1.54) is 20.3 Å². The van der Waals surface area contributed by atoms with Crippen molar-refractivity contribution in [3.63, 3.8) is 0 Å². The summed E-state index contributed by atoms with van der Waals surface area (Å²) in [5, 5.41) is 0. The summed E-state index contributed by atoms with van der Waals surface area (Å²) in [6, 6.07) is -0.215. The van der Waals surface area contributed by atoms with Gasteiger partial charge in [-0.3, -0.25) is 4.79 Å². The van der Waals surface area contributed by atoms with Crippen LogP contribution in [0.4, 0.5) is 0 Å². The second kappa shape index (κ2) is 6.39. The zero-order valence-corrected chi connectivity index (χ0v) is 14.8. The first kappa shape index (κ1) is 18.2. The molecule has 7 nitrogen and oxygen atoms in total. The number of amides is 1. The highest BCUT2D eigenvalue weighted by Crippen LogP contribution is 2.45. The van der Waals surface area contributed by atoms with Crippen LogP contribution in [-0.2, 0) is 28.6 Å². The Kier molecular flexibility index (Phi) is 4.85. The molecule has 2 rings (SSSR count). The van der Waals surface area contributed by atoms with Gasteiger partial charge >= 0.3 is 11.9 Å². The minimum absolute atomic E-state index is 0.0210. The number of methoxy groups -OCH3 is 2. The Morgan fingerprint density at radius 2 is 1.62 bits per heavy atom. The summed E-state index contributed by atoms with van der Waals surface area (Å²) in [6.07, 6.45) is 2.32. The van der Waals surface area contributed by atoms with Crippen molar-refractivity contribution < 1.29 is 28.6 Å². The van der Waals surface area contributed by atoms with Gasteiger partial charge in [0, 0.05) is 12.1 Å². The number of hydrogen-bond donors (Lipinski definition) is 0. The lowest BCUT2D eigenvalue weighted by Crippen LogP contribution is -2.54. The molecule has 0 N–H and O–H groups in total. The molecule has 2 unspecified atom stereocenters. The van der Waals surface area contributed by atoms with Crippen LogP contribution in [0.15, 0.2) is 23.3 Å². The Balaban J connectivity index is 2.60. The van der Waals surface area contributed by atoms with Gasteiger partial charge in [-0.2, -0.15) is 0 Å². The number of hydrogen-bond acceptors (Lipinski definition) is 6. The highest BCUT2D eigenvalue weighted by molar-refractivity contribution is 6.12. The quantitative estimate of drug-likeness (QED) is 0.549. The van der Waals surface area contributed by atoms with Crippen molar-refractivity contribution >= 4 is 17.8 Å². The van der Waals surface area contributed by atoms with Gasteiger partial charge in [0.1, 0.15) is 6.10 Å².